The number of halogens is 4. The highest BCUT2D eigenvalue weighted by molar-refractivity contribution is 6.33. The van der Waals surface area contributed by atoms with E-state index < -0.39 is 17.3 Å². The quantitative estimate of drug-likeness (QED) is 0.921. The highest BCUT2D eigenvalue weighted by atomic mass is 35.5. The number of alkyl halides is 3. The molecule has 0 saturated carbocycles. The molecule has 0 fully saturated rings. The van der Waals surface area contributed by atoms with E-state index in [-0.39, 0.29) is 28.6 Å². The third-order valence-electron chi connectivity index (χ3n) is 3.47. The molecule has 2 aromatic rings. The van der Waals surface area contributed by atoms with Crippen LogP contribution in [0.15, 0.2) is 23.0 Å². The van der Waals surface area contributed by atoms with Gasteiger partial charge in [-0.2, -0.15) is 13.2 Å². The van der Waals surface area contributed by atoms with Gasteiger partial charge in [0.2, 0.25) is 0 Å². The lowest BCUT2D eigenvalue weighted by atomic mass is 10.1. The molecule has 0 saturated heterocycles. The van der Waals surface area contributed by atoms with Gasteiger partial charge < -0.3 is 5.73 Å². The predicted molar refractivity (Wildman–Crippen MR) is 83.4 cm³/mol. The summed E-state index contributed by atoms with van der Waals surface area (Å²) in [6.45, 7) is 3.77. The second-order valence-electron chi connectivity index (χ2n) is 4.89. The SMILES string of the molecule is CCc1nc(-c2ccc(C(F)(F)F)cc2Cl)n(CC)c(=O)c1N. The van der Waals surface area contributed by atoms with E-state index in [0.29, 0.717) is 12.1 Å². The van der Waals surface area contributed by atoms with Gasteiger partial charge in [-0.1, -0.05) is 18.5 Å². The molecule has 0 unspecified atom stereocenters. The van der Waals surface area contributed by atoms with E-state index in [0.717, 1.165) is 12.1 Å². The van der Waals surface area contributed by atoms with Gasteiger partial charge in [-0.25, -0.2) is 4.98 Å². The molecule has 23 heavy (non-hydrogen) atoms. The lowest BCUT2D eigenvalue weighted by Crippen LogP contribution is -2.27. The van der Waals surface area contributed by atoms with Gasteiger partial charge in [-0.05, 0) is 31.5 Å². The minimum absolute atomic E-state index is 0.0427. The van der Waals surface area contributed by atoms with Gasteiger partial charge in [-0.15, -0.1) is 0 Å². The molecule has 0 bridgehead atoms. The van der Waals surface area contributed by atoms with Crippen LogP contribution in [0.5, 0.6) is 0 Å². The van der Waals surface area contributed by atoms with E-state index >= 15 is 0 Å². The van der Waals surface area contributed by atoms with Gasteiger partial charge in [0, 0.05) is 12.1 Å². The average Bonchev–Trinajstić information content (AvgIpc) is 2.49. The Balaban J connectivity index is 2.72. The summed E-state index contributed by atoms with van der Waals surface area (Å²) in [5.41, 5.74) is 5.17. The van der Waals surface area contributed by atoms with Crippen LogP contribution in [-0.4, -0.2) is 9.55 Å². The van der Waals surface area contributed by atoms with E-state index in [1.54, 1.807) is 13.8 Å². The fraction of sp³-hybridized carbons (Fsp3) is 0.333. The summed E-state index contributed by atoms with van der Waals surface area (Å²) in [6.07, 6.45) is -4.06. The summed E-state index contributed by atoms with van der Waals surface area (Å²) < 4.78 is 39.5. The molecule has 2 rings (SSSR count). The topological polar surface area (TPSA) is 60.9 Å². The zero-order valence-corrected chi connectivity index (χ0v) is 13.3. The second-order valence-corrected chi connectivity index (χ2v) is 5.30. The van der Waals surface area contributed by atoms with Crippen molar-refractivity contribution >= 4 is 17.3 Å². The van der Waals surface area contributed by atoms with E-state index in [1.807, 2.05) is 0 Å². The molecule has 2 N–H and O–H groups in total. The van der Waals surface area contributed by atoms with Crippen LogP contribution < -0.4 is 11.3 Å². The van der Waals surface area contributed by atoms with Crippen molar-refractivity contribution in [2.75, 3.05) is 5.73 Å². The van der Waals surface area contributed by atoms with Crippen molar-refractivity contribution < 1.29 is 13.2 Å². The van der Waals surface area contributed by atoms with Crippen LogP contribution in [0, 0.1) is 0 Å². The largest absolute Gasteiger partial charge is 0.416 e. The Labute approximate surface area is 135 Å². The van der Waals surface area contributed by atoms with E-state index in [4.69, 9.17) is 17.3 Å². The molecule has 1 aromatic carbocycles. The molecule has 4 nitrogen and oxygen atoms in total. The first-order chi connectivity index (χ1) is 10.7. The summed E-state index contributed by atoms with van der Waals surface area (Å²) in [5.74, 6) is 0.210. The van der Waals surface area contributed by atoms with Crippen LogP contribution in [0.1, 0.15) is 25.1 Å². The fourth-order valence-corrected chi connectivity index (χ4v) is 2.52. The molecule has 1 aromatic heterocycles. The summed E-state index contributed by atoms with van der Waals surface area (Å²) >= 11 is 6.00. The summed E-state index contributed by atoms with van der Waals surface area (Å²) in [4.78, 5) is 16.6. The molecule has 0 amide bonds. The summed E-state index contributed by atoms with van der Waals surface area (Å²) in [5, 5.41) is -0.124. The Bertz CT molecular complexity index is 800. The van der Waals surface area contributed by atoms with Gasteiger partial charge in [0.15, 0.2) is 0 Å². The molecule has 1 heterocycles. The Kier molecular flexibility index (Phi) is 4.70. The van der Waals surface area contributed by atoms with Gasteiger partial charge in [0.05, 0.1) is 16.3 Å². The Morgan fingerprint density at radius 3 is 2.43 bits per heavy atom. The van der Waals surface area contributed by atoms with Crippen LogP contribution in [0.4, 0.5) is 18.9 Å². The molecule has 0 aliphatic heterocycles. The van der Waals surface area contributed by atoms with Crippen molar-refractivity contribution in [2.24, 2.45) is 0 Å². The molecule has 0 atom stereocenters. The van der Waals surface area contributed by atoms with Crippen molar-refractivity contribution in [1.29, 1.82) is 0 Å². The van der Waals surface area contributed by atoms with Crippen LogP contribution in [0.2, 0.25) is 5.02 Å². The van der Waals surface area contributed by atoms with E-state index in [2.05, 4.69) is 4.98 Å². The molecule has 124 valence electrons. The third-order valence-corrected chi connectivity index (χ3v) is 3.78. The maximum absolute atomic E-state index is 12.7. The zero-order valence-electron chi connectivity index (χ0n) is 12.5. The zero-order chi connectivity index (χ0) is 17.4. The predicted octanol–water partition coefficient (Wildman–Crippen LogP) is 3.75. The molecular formula is C15H15ClF3N3O. The first kappa shape index (κ1) is 17.3. The van der Waals surface area contributed by atoms with Crippen molar-refractivity contribution in [2.45, 2.75) is 33.0 Å². The van der Waals surface area contributed by atoms with Crippen molar-refractivity contribution in [3.8, 4) is 11.4 Å². The average molecular weight is 346 g/mol. The van der Waals surface area contributed by atoms with Crippen molar-refractivity contribution in [3.05, 3.63) is 44.8 Å². The highest BCUT2D eigenvalue weighted by Gasteiger charge is 2.31. The lowest BCUT2D eigenvalue weighted by molar-refractivity contribution is -0.137. The third kappa shape index (κ3) is 3.19. The number of nitrogens with zero attached hydrogens (tertiary/aromatic N) is 2. The molecule has 0 aliphatic rings. The molecular weight excluding hydrogens is 331 g/mol. The monoisotopic (exact) mass is 345 g/mol. The van der Waals surface area contributed by atoms with Gasteiger partial charge in [0.25, 0.3) is 5.56 Å². The first-order valence-electron chi connectivity index (χ1n) is 6.97. The minimum atomic E-state index is -4.49. The number of hydrogen-bond acceptors (Lipinski definition) is 3. The van der Waals surface area contributed by atoms with Gasteiger partial charge in [0.1, 0.15) is 11.5 Å². The summed E-state index contributed by atoms with van der Waals surface area (Å²) in [7, 11) is 0. The van der Waals surface area contributed by atoms with Gasteiger partial charge in [-0.3, -0.25) is 9.36 Å². The smallest absolute Gasteiger partial charge is 0.393 e. The maximum Gasteiger partial charge on any atom is 0.416 e. The van der Waals surface area contributed by atoms with Crippen LogP contribution in [-0.2, 0) is 19.1 Å². The normalized spacial score (nSPS) is 11.7. The van der Waals surface area contributed by atoms with Crippen LogP contribution in [0.3, 0.4) is 0 Å². The molecule has 0 radical (unpaired) electrons. The Morgan fingerprint density at radius 1 is 1.30 bits per heavy atom. The highest BCUT2D eigenvalue weighted by Crippen LogP contribution is 2.35. The van der Waals surface area contributed by atoms with E-state index in [9.17, 15) is 18.0 Å². The lowest BCUT2D eigenvalue weighted by Gasteiger charge is -2.15. The number of nitrogens with two attached hydrogens (primary N) is 1. The molecule has 0 spiro atoms. The van der Waals surface area contributed by atoms with Gasteiger partial charge >= 0.3 is 6.18 Å². The first-order valence-corrected chi connectivity index (χ1v) is 7.34. The number of hydrogen-bond donors (Lipinski definition) is 1. The summed E-state index contributed by atoms with van der Waals surface area (Å²) in [6, 6.07) is 2.95. The molecule has 8 heteroatoms. The standard InChI is InChI=1S/C15H15ClF3N3O/c1-3-11-12(20)14(23)22(4-2)13(21-11)9-6-5-8(7-10(9)16)15(17,18)19/h5-7H,3-4,20H2,1-2H3. The number of aryl methyl sites for hydroxylation is 1. The maximum atomic E-state index is 12.7. The Hall–Kier alpha value is -2.02. The number of nitrogen functional groups attached to an aromatic ring is 1. The number of benzene rings is 1. The fourth-order valence-electron chi connectivity index (χ4n) is 2.25. The van der Waals surface area contributed by atoms with Crippen molar-refractivity contribution in [1.82, 2.24) is 9.55 Å². The minimum Gasteiger partial charge on any atom is -0.393 e. The number of aromatic nitrogens is 2. The van der Waals surface area contributed by atoms with Crippen molar-refractivity contribution in [3.63, 3.8) is 0 Å². The van der Waals surface area contributed by atoms with E-state index in [1.165, 1.54) is 10.6 Å². The Morgan fingerprint density at radius 2 is 1.96 bits per heavy atom. The molecule has 0 aliphatic carbocycles. The second kappa shape index (κ2) is 6.23. The number of rotatable bonds is 3. The van der Waals surface area contributed by atoms with Crippen LogP contribution in [0.25, 0.3) is 11.4 Å². The number of anilines is 1. The van der Waals surface area contributed by atoms with Crippen LogP contribution >= 0.6 is 11.6 Å².